The summed E-state index contributed by atoms with van der Waals surface area (Å²) in [4.78, 5) is 9.14. The van der Waals surface area contributed by atoms with E-state index in [-0.39, 0.29) is 5.99 Å². The fourth-order valence-electron chi connectivity index (χ4n) is 4.73. The van der Waals surface area contributed by atoms with Crippen LogP contribution in [0.25, 0.3) is 33.8 Å². The summed E-state index contributed by atoms with van der Waals surface area (Å²) in [5.41, 5.74) is 6.06. The Morgan fingerprint density at radius 1 is 1.03 bits per heavy atom. The third kappa shape index (κ3) is 6.94. The Hall–Kier alpha value is -3.27. The Morgan fingerprint density at radius 2 is 1.81 bits per heavy atom. The van der Waals surface area contributed by atoms with Crippen LogP contribution in [-0.4, -0.2) is 50.6 Å². The molecule has 1 unspecified atom stereocenters. The summed E-state index contributed by atoms with van der Waals surface area (Å²) in [6.45, 7) is 6.08. The van der Waals surface area contributed by atoms with Crippen molar-refractivity contribution in [3.63, 3.8) is 0 Å². The van der Waals surface area contributed by atoms with Gasteiger partial charge in [-0.3, -0.25) is 14.8 Å². The van der Waals surface area contributed by atoms with E-state index in [9.17, 15) is 8.42 Å². The Morgan fingerprint density at radius 3 is 2.46 bits per heavy atom. The van der Waals surface area contributed by atoms with Crippen molar-refractivity contribution in [3.05, 3.63) is 60.3 Å². The molecule has 0 aliphatic carbocycles. The van der Waals surface area contributed by atoms with E-state index in [1.54, 1.807) is 4.68 Å². The zero-order chi connectivity index (χ0) is 26.6. The van der Waals surface area contributed by atoms with Gasteiger partial charge >= 0.3 is 0 Å². The number of H-pyrrole nitrogens is 1. The van der Waals surface area contributed by atoms with Gasteiger partial charge in [0.05, 0.1) is 11.9 Å². The second-order valence-corrected chi connectivity index (χ2v) is 12.4. The number of rotatable bonds is 4. The van der Waals surface area contributed by atoms with Crippen molar-refractivity contribution in [2.24, 2.45) is 13.0 Å². The molecule has 0 bridgehead atoms. The summed E-state index contributed by atoms with van der Waals surface area (Å²) in [5.74, 6) is 2.14. The zero-order valence-electron chi connectivity index (χ0n) is 22.3. The number of aryl methyl sites for hydroxylation is 3. The highest BCUT2D eigenvalue weighted by molar-refractivity contribution is 8.18. The molecule has 1 fully saturated rings. The van der Waals surface area contributed by atoms with Crippen LogP contribution >= 0.6 is 0 Å². The summed E-state index contributed by atoms with van der Waals surface area (Å²) in [5, 5.41) is 11.3. The number of benzene rings is 1. The van der Waals surface area contributed by atoms with Gasteiger partial charge in [0.2, 0.25) is 0 Å². The van der Waals surface area contributed by atoms with Crippen LogP contribution in [0.15, 0.2) is 48.8 Å². The van der Waals surface area contributed by atoms with Crippen LogP contribution in [0, 0.1) is 19.8 Å². The lowest BCUT2D eigenvalue weighted by Gasteiger charge is -2.07. The van der Waals surface area contributed by atoms with E-state index in [1.807, 2.05) is 51.5 Å². The fourth-order valence-corrected chi connectivity index (χ4v) is 5.89. The highest BCUT2D eigenvalue weighted by atomic mass is 32.2. The lowest BCUT2D eigenvalue weighted by atomic mass is 9.68. The molecular weight excluding hydrogens is 483 g/mol. The first-order valence-electron chi connectivity index (χ1n) is 12.8. The van der Waals surface area contributed by atoms with Crippen molar-refractivity contribution in [2.75, 3.05) is 6.26 Å². The molecule has 4 heterocycles. The van der Waals surface area contributed by atoms with Crippen LogP contribution in [0.2, 0.25) is 12.6 Å². The number of hydrogen-bond acceptors (Lipinski definition) is 6. The summed E-state index contributed by atoms with van der Waals surface area (Å²) in [6, 6.07) is 12.4. The number of hydrogen-bond donors (Lipinski definition) is 1. The predicted molar refractivity (Wildman–Crippen MR) is 150 cm³/mol. The predicted octanol–water partition coefficient (Wildman–Crippen LogP) is 5.39. The number of nitrogens with one attached hydrogen (secondary N) is 1. The second kappa shape index (κ2) is 11.4. The molecule has 5 rings (SSSR count). The van der Waals surface area contributed by atoms with E-state index >= 15 is 0 Å². The highest BCUT2D eigenvalue weighted by Crippen LogP contribution is 2.28. The monoisotopic (exact) mass is 518 g/mol. The van der Waals surface area contributed by atoms with Crippen molar-refractivity contribution >= 4 is 15.7 Å². The first kappa shape index (κ1) is 26.8. The summed E-state index contributed by atoms with van der Waals surface area (Å²) in [6.07, 6.45) is 10.4. The maximum Gasteiger partial charge on any atom is 0.291 e. The third-order valence-electron chi connectivity index (χ3n) is 6.93. The molecule has 10 heteroatoms. The van der Waals surface area contributed by atoms with Crippen molar-refractivity contribution in [3.8, 4) is 33.8 Å². The van der Waals surface area contributed by atoms with Crippen LogP contribution < -0.4 is 0 Å². The van der Waals surface area contributed by atoms with Gasteiger partial charge in [-0.1, -0.05) is 57.0 Å². The van der Waals surface area contributed by atoms with Crippen LogP contribution in [0.3, 0.4) is 0 Å². The number of aromatic amines is 1. The SMILES string of the molecule is CC1CCCB(S(C)(=O)=O)CC1.Cc1nc(-c2ccc(-c3cccc(-c4cnn(C)c4)c3)nc2C)n[nH]1. The lowest BCUT2D eigenvalue weighted by molar-refractivity contribution is 0.520. The molecule has 1 atom stereocenters. The average Bonchev–Trinajstić information content (AvgIpc) is 3.42. The summed E-state index contributed by atoms with van der Waals surface area (Å²) in [7, 11) is -0.854. The minimum atomic E-state index is -2.77. The molecule has 0 radical (unpaired) electrons. The largest absolute Gasteiger partial charge is 0.291 e. The van der Waals surface area contributed by atoms with E-state index < -0.39 is 9.69 Å². The normalized spacial score (nSPS) is 16.1. The van der Waals surface area contributed by atoms with Gasteiger partial charge in [-0.05, 0) is 43.5 Å². The molecule has 1 aliphatic heterocycles. The molecule has 0 spiro atoms. The van der Waals surface area contributed by atoms with Gasteiger partial charge in [0.15, 0.2) is 5.82 Å². The maximum atomic E-state index is 11.2. The Labute approximate surface area is 219 Å². The average molecular weight is 518 g/mol. The molecule has 1 aromatic carbocycles. The van der Waals surface area contributed by atoms with Crippen molar-refractivity contribution in [1.29, 1.82) is 0 Å². The first-order chi connectivity index (χ1) is 17.6. The zero-order valence-corrected chi connectivity index (χ0v) is 23.1. The van der Waals surface area contributed by atoms with Crippen LogP contribution in [0.4, 0.5) is 0 Å². The topological polar surface area (TPSA) is 106 Å². The van der Waals surface area contributed by atoms with E-state index in [0.29, 0.717) is 5.82 Å². The second-order valence-electron chi connectivity index (χ2n) is 10.1. The van der Waals surface area contributed by atoms with Crippen molar-refractivity contribution < 1.29 is 8.42 Å². The van der Waals surface area contributed by atoms with Crippen molar-refractivity contribution in [2.45, 2.75) is 52.7 Å². The van der Waals surface area contributed by atoms with E-state index in [2.05, 4.69) is 45.4 Å². The van der Waals surface area contributed by atoms with Gasteiger partial charge in [-0.2, -0.15) is 10.2 Å². The van der Waals surface area contributed by atoms with Gasteiger partial charge in [-0.15, -0.1) is 0 Å². The van der Waals surface area contributed by atoms with Gasteiger partial charge in [-0.25, -0.2) is 13.4 Å². The number of aromatic nitrogens is 6. The van der Waals surface area contributed by atoms with Gasteiger partial charge < -0.3 is 0 Å². The van der Waals surface area contributed by atoms with Gasteiger partial charge in [0.25, 0.3) is 5.99 Å². The van der Waals surface area contributed by atoms with Crippen molar-refractivity contribution in [1.82, 2.24) is 29.9 Å². The van der Waals surface area contributed by atoms with E-state index in [4.69, 9.17) is 4.98 Å². The quantitative estimate of drug-likeness (QED) is 0.363. The van der Waals surface area contributed by atoms with Crippen LogP contribution in [0.1, 0.15) is 37.7 Å². The Bertz CT molecular complexity index is 1460. The Balaban J connectivity index is 0.000000225. The number of nitrogens with zero attached hydrogens (tertiary/aromatic N) is 5. The lowest BCUT2D eigenvalue weighted by Crippen LogP contribution is -2.23. The third-order valence-corrected chi connectivity index (χ3v) is 8.61. The van der Waals surface area contributed by atoms with E-state index in [1.165, 1.54) is 12.7 Å². The molecule has 1 aliphatic rings. The minimum absolute atomic E-state index is 0.0533. The highest BCUT2D eigenvalue weighted by Gasteiger charge is 2.28. The molecule has 37 heavy (non-hydrogen) atoms. The maximum absolute atomic E-state index is 11.2. The minimum Gasteiger partial charge on any atom is -0.275 e. The van der Waals surface area contributed by atoms with Gasteiger partial charge in [0.1, 0.15) is 15.5 Å². The fraction of sp³-hybridized carbons (Fsp3) is 0.407. The molecule has 8 nitrogen and oxygen atoms in total. The number of pyridine rings is 1. The van der Waals surface area contributed by atoms with Crippen LogP contribution in [-0.2, 0) is 16.7 Å². The van der Waals surface area contributed by atoms with Gasteiger partial charge in [0, 0.05) is 41.9 Å². The molecule has 194 valence electrons. The molecule has 0 amide bonds. The van der Waals surface area contributed by atoms with E-state index in [0.717, 1.165) is 70.9 Å². The standard InChI is InChI=1S/C19H18N6.C8H17BO2S/c1-12-17(19-22-13(2)23-24-19)7-8-18(21-12)15-6-4-5-14(9-15)16-10-20-25(3)11-16;1-8-4-3-6-9(7-5-8)12(2,10)11/h4-11H,1-3H3,(H,22,23,24);8H,3-7H2,1-2H3. The summed E-state index contributed by atoms with van der Waals surface area (Å²) < 4.78 is 24.3. The molecule has 4 aromatic rings. The smallest absolute Gasteiger partial charge is 0.275 e. The first-order valence-corrected chi connectivity index (χ1v) is 14.7. The Kier molecular flexibility index (Phi) is 8.27. The molecule has 0 saturated carbocycles. The van der Waals surface area contributed by atoms with Crippen LogP contribution in [0.5, 0.6) is 0 Å². The summed E-state index contributed by atoms with van der Waals surface area (Å²) >= 11 is 0. The molecule has 3 aromatic heterocycles. The molecule has 1 N–H and O–H groups in total. The molecule has 1 saturated heterocycles. The molecular formula is C27H35BN6O2S.